The Hall–Kier alpha value is -2.80. The SMILES string of the molecule is CC(C)Sc1ccccc1CN1CCCC(OCC(=O)Nc2nnc(N[C@@H]3CCN(c4cccnn4)C3)s2)C1. The van der Waals surface area contributed by atoms with Gasteiger partial charge in [-0.25, -0.2) is 0 Å². The summed E-state index contributed by atoms with van der Waals surface area (Å²) in [6, 6.07) is 12.7. The number of thioether (sulfide) groups is 1. The molecule has 2 aromatic heterocycles. The van der Waals surface area contributed by atoms with Crippen molar-refractivity contribution in [3.8, 4) is 0 Å². The minimum atomic E-state index is -0.205. The molecule has 0 saturated carbocycles. The largest absolute Gasteiger partial charge is 0.367 e. The fourth-order valence-electron chi connectivity index (χ4n) is 4.94. The van der Waals surface area contributed by atoms with E-state index in [0.29, 0.717) is 15.5 Å². The van der Waals surface area contributed by atoms with Crippen molar-refractivity contribution in [2.45, 2.75) is 61.9 Å². The Bertz CT molecular complexity index is 1210. The average Bonchev–Trinajstić information content (AvgIpc) is 3.59. The molecule has 1 amide bonds. The highest BCUT2D eigenvalue weighted by atomic mass is 32.2. The van der Waals surface area contributed by atoms with Crippen LogP contribution in [0.3, 0.4) is 0 Å². The van der Waals surface area contributed by atoms with Gasteiger partial charge in [0.25, 0.3) is 5.91 Å². The molecule has 5 rings (SSSR count). The third-order valence-electron chi connectivity index (χ3n) is 6.71. The van der Waals surface area contributed by atoms with Crippen LogP contribution in [0.25, 0.3) is 0 Å². The number of aromatic nitrogens is 4. The molecule has 1 unspecified atom stereocenters. The zero-order valence-electron chi connectivity index (χ0n) is 22.5. The highest BCUT2D eigenvalue weighted by Gasteiger charge is 2.25. The van der Waals surface area contributed by atoms with Crippen LogP contribution in [0, 0.1) is 0 Å². The molecule has 0 radical (unpaired) electrons. The number of nitrogens with zero attached hydrogens (tertiary/aromatic N) is 6. The van der Waals surface area contributed by atoms with Crippen molar-refractivity contribution in [1.29, 1.82) is 0 Å². The monoisotopic (exact) mass is 568 g/mol. The van der Waals surface area contributed by atoms with Gasteiger partial charge in [0.05, 0.1) is 6.10 Å². The molecule has 3 aromatic rings. The lowest BCUT2D eigenvalue weighted by molar-refractivity contribution is -0.123. The van der Waals surface area contributed by atoms with Crippen molar-refractivity contribution in [3.05, 3.63) is 48.2 Å². The summed E-state index contributed by atoms with van der Waals surface area (Å²) in [5.74, 6) is 0.672. The Morgan fingerprint density at radius 2 is 1.97 bits per heavy atom. The maximum Gasteiger partial charge on any atom is 0.252 e. The van der Waals surface area contributed by atoms with Gasteiger partial charge in [0, 0.05) is 48.6 Å². The summed E-state index contributed by atoms with van der Waals surface area (Å²) in [7, 11) is 0. The van der Waals surface area contributed by atoms with Gasteiger partial charge in [-0.05, 0) is 49.6 Å². The van der Waals surface area contributed by atoms with Crippen molar-refractivity contribution >= 4 is 45.1 Å². The molecule has 2 aliphatic rings. The van der Waals surface area contributed by atoms with E-state index in [9.17, 15) is 4.79 Å². The summed E-state index contributed by atoms with van der Waals surface area (Å²) in [6.07, 6.45) is 4.71. The fourth-order valence-corrected chi connectivity index (χ4v) is 6.63. The second kappa shape index (κ2) is 13.5. The van der Waals surface area contributed by atoms with E-state index in [0.717, 1.165) is 57.8 Å². The van der Waals surface area contributed by atoms with Gasteiger partial charge in [-0.1, -0.05) is 43.4 Å². The lowest BCUT2D eigenvalue weighted by Crippen LogP contribution is -2.40. The topological polar surface area (TPSA) is 108 Å². The number of piperidine rings is 1. The molecule has 208 valence electrons. The van der Waals surface area contributed by atoms with Gasteiger partial charge < -0.3 is 15.0 Å². The summed E-state index contributed by atoms with van der Waals surface area (Å²) >= 11 is 3.24. The number of rotatable bonds is 11. The fraction of sp³-hybridized carbons (Fsp3) is 0.519. The van der Waals surface area contributed by atoms with Crippen LogP contribution >= 0.6 is 23.1 Å². The van der Waals surface area contributed by atoms with Gasteiger partial charge in [0.15, 0.2) is 5.82 Å². The minimum absolute atomic E-state index is 0.0103. The molecule has 0 aliphatic carbocycles. The summed E-state index contributed by atoms with van der Waals surface area (Å²) in [5.41, 5.74) is 1.36. The van der Waals surface area contributed by atoms with Gasteiger partial charge in [-0.3, -0.25) is 15.0 Å². The first-order chi connectivity index (χ1) is 19.0. The van der Waals surface area contributed by atoms with Crippen LogP contribution in [-0.2, 0) is 16.1 Å². The smallest absolute Gasteiger partial charge is 0.252 e. The maximum absolute atomic E-state index is 12.6. The van der Waals surface area contributed by atoms with Crippen LogP contribution in [0.5, 0.6) is 0 Å². The maximum atomic E-state index is 12.6. The number of carbonyl (C=O) groups excluding carboxylic acids is 1. The van der Waals surface area contributed by atoms with Crippen LogP contribution in [0.4, 0.5) is 16.1 Å². The van der Waals surface area contributed by atoms with E-state index in [4.69, 9.17) is 4.74 Å². The Morgan fingerprint density at radius 1 is 1.10 bits per heavy atom. The zero-order valence-corrected chi connectivity index (χ0v) is 24.1. The second-order valence-electron chi connectivity index (χ2n) is 10.2. The zero-order chi connectivity index (χ0) is 27.0. The Morgan fingerprint density at radius 3 is 2.82 bits per heavy atom. The van der Waals surface area contributed by atoms with Crippen LogP contribution in [0.2, 0.25) is 0 Å². The van der Waals surface area contributed by atoms with Crippen molar-refractivity contribution in [2.75, 3.05) is 48.3 Å². The first kappa shape index (κ1) is 27.8. The highest BCUT2D eigenvalue weighted by molar-refractivity contribution is 8.00. The van der Waals surface area contributed by atoms with Crippen LogP contribution in [-0.4, -0.2) is 81.4 Å². The van der Waals surface area contributed by atoms with Crippen LogP contribution < -0.4 is 15.5 Å². The van der Waals surface area contributed by atoms with Crippen LogP contribution in [0.1, 0.15) is 38.7 Å². The number of carbonyl (C=O) groups is 1. The quantitative estimate of drug-likeness (QED) is 0.328. The molecule has 10 nitrogen and oxygen atoms in total. The molecule has 39 heavy (non-hydrogen) atoms. The van der Waals surface area contributed by atoms with Gasteiger partial charge in [-0.15, -0.1) is 27.1 Å². The van der Waals surface area contributed by atoms with E-state index in [-0.39, 0.29) is 24.7 Å². The van der Waals surface area contributed by atoms with Gasteiger partial charge in [-0.2, -0.15) is 5.10 Å². The minimum Gasteiger partial charge on any atom is -0.367 e. The van der Waals surface area contributed by atoms with Crippen molar-refractivity contribution < 1.29 is 9.53 Å². The number of nitrogens with one attached hydrogen (secondary N) is 2. The Kier molecular flexibility index (Phi) is 9.62. The Balaban J connectivity index is 1.04. The first-order valence-electron chi connectivity index (χ1n) is 13.5. The first-order valence-corrected chi connectivity index (χ1v) is 15.2. The molecule has 1 aromatic carbocycles. The van der Waals surface area contributed by atoms with Crippen molar-refractivity contribution in [3.63, 3.8) is 0 Å². The standard InChI is InChI=1S/C27H36N8O2S2/c1-19(2)38-23-9-4-3-7-20(23)15-34-13-6-8-22(17-34)37-18-25(36)30-27-33-32-26(39-27)29-21-11-14-35(16-21)24-10-5-12-28-31-24/h3-5,7,9-10,12,19,21-22H,6,8,11,13-18H2,1-2H3,(H,29,32)(H,30,33,36)/t21-,22?/m1/s1. The van der Waals surface area contributed by atoms with E-state index in [1.54, 1.807) is 6.20 Å². The number of ether oxygens (including phenoxy) is 1. The number of benzene rings is 1. The predicted octanol–water partition coefficient (Wildman–Crippen LogP) is 4.14. The molecule has 4 heterocycles. The van der Waals surface area contributed by atoms with E-state index in [1.165, 1.54) is 21.8 Å². The summed E-state index contributed by atoms with van der Waals surface area (Å²) < 4.78 is 6.01. The number of likely N-dealkylation sites (tertiary alicyclic amines) is 1. The number of anilines is 3. The molecule has 12 heteroatoms. The van der Waals surface area contributed by atoms with Crippen molar-refractivity contribution in [2.24, 2.45) is 0 Å². The molecule has 2 atom stereocenters. The average molecular weight is 569 g/mol. The van der Waals surface area contributed by atoms with Crippen molar-refractivity contribution in [1.82, 2.24) is 25.3 Å². The normalized spacial score (nSPS) is 19.9. The lowest BCUT2D eigenvalue weighted by Gasteiger charge is -2.33. The Labute approximate surface area is 237 Å². The molecule has 2 fully saturated rings. The van der Waals surface area contributed by atoms with E-state index in [1.807, 2.05) is 23.9 Å². The molecule has 2 aliphatic heterocycles. The number of hydrogen-bond acceptors (Lipinski definition) is 11. The second-order valence-corrected chi connectivity index (χ2v) is 12.8. The highest BCUT2D eigenvalue weighted by Crippen LogP contribution is 2.28. The number of hydrogen-bond donors (Lipinski definition) is 2. The third-order valence-corrected chi connectivity index (χ3v) is 8.60. The lowest BCUT2D eigenvalue weighted by atomic mass is 10.1. The van der Waals surface area contributed by atoms with Crippen LogP contribution in [0.15, 0.2) is 47.5 Å². The third kappa shape index (κ3) is 8.10. The number of amides is 1. The van der Waals surface area contributed by atoms with E-state index < -0.39 is 0 Å². The van der Waals surface area contributed by atoms with E-state index >= 15 is 0 Å². The van der Waals surface area contributed by atoms with Gasteiger partial charge >= 0.3 is 0 Å². The molecular weight excluding hydrogens is 532 g/mol. The van der Waals surface area contributed by atoms with E-state index in [2.05, 4.69) is 78.9 Å². The summed E-state index contributed by atoms with van der Waals surface area (Å²) in [6.45, 7) is 8.95. The van der Waals surface area contributed by atoms with Gasteiger partial charge in [0.1, 0.15) is 6.61 Å². The van der Waals surface area contributed by atoms with Gasteiger partial charge in [0.2, 0.25) is 10.3 Å². The molecular formula is C27H36N8O2S2. The molecule has 0 bridgehead atoms. The summed E-state index contributed by atoms with van der Waals surface area (Å²) in [4.78, 5) is 18.5. The molecule has 2 N–H and O–H groups in total. The molecule has 0 spiro atoms. The summed E-state index contributed by atoms with van der Waals surface area (Å²) in [5, 5.41) is 24.4. The molecule has 2 saturated heterocycles. The predicted molar refractivity (Wildman–Crippen MR) is 156 cm³/mol.